The predicted molar refractivity (Wildman–Crippen MR) is 85.7 cm³/mol. The van der Waals surface area contributed by atoms with Gasteiger partial charge in [-0.3, -0.25) is 0 Å². The summed E-state index contributed by atoms with van der Waals surface area (Å²) in [4.78, 5) is 0. The minimum absolute atomic E-state index is 0.175. The van der Waals surface area contributed by atoms with E-state index in [4.69, 9.17) is 9.83 Å². The summed E-state index contributed by atoms with van der Waals surface area (Å²) in [7, 11) is 0. The summed E-state index contributed by atoms with van der Waals surface area (Å²) in [6, 6.07) is 0. The molecule has 0 radical (unpaired) electrons. The summed E-state index contributed by atoms with van der Waals surface area (Å²) in [6.07, 6.45) is 7.30. The molecule has 0 fully saturated rings. The second-order valence-electron chi connectivity index (χ2n) is 8.49. The zero-order chi connectivity index (χ0) is 16.5. The fourth-order valence-electron chi connectivity index (χ4n) is 2.02. The van der Waals surface area contributed by atoms with Crippen molar-refractivity contribution in [3.8, 4) is 0 Å². The van der Waals surface area contributed by atoms with Crippen molar-refractivity contribution in [3.05, 3.63) is 22.0 Å². The number of hydrogen-bond acceptors (Lipinski definition) is 3. The summed E-state index contributed by atoms with van der Waals surface area (Å²) in [6.45, 7) is 18.9. The van der Waals surface area contributed by atoms with Gasteiger partial charge in [0.05, 0.1) is 0 Å². The van der Waals surface area contributed by atoms with Crippen molar-refractivity contribution >= 4 is 0 Å². The van der Waals surface area contributed by atoms with E-state index in [1.165, 1.54) is 3.79 Å². The Morgan fingerprint density at radius 3 is 1.67 bits per heavy atom. The van der Waals surface area contributed by atoms with Crippen molar-refractivity contribution in [2.24, 2.45) is 3.34 Å². The van der Waals surface area contributed by atoms with Gasteiger partial charge in [-0.2, -0.15) is 0 Å². The van der Waals surface area contributed by atoms with Gasteiger partial charge in [-0.1, -0.05) is 0 Å². The third kappa shape index (κ3) is 6.70. The number of nitrogens with zero attached hydrogens (tertiary/aromatic N) is 1. The van der Waals surface area contributed by atoms with Crippen molar-refractivity contribution in [2.45, 2.75) is 85.5 Å². The van der Waals surface area contributed by atoms with Crippen LogP contribution in [0.5, 0.6) is 0 Å². The van der Waals surface area contributed by atoms with E-state index < -0.39 is 17.7 Å². The van der Waals surface area contributed by atoms with Crippen LogP contribution < -0.4 is 0 Å². The normalized spacial score (nSPS) is 17.1. The fourth-order valence-corrected chi connectivity index (χ4v) is 10.3. The van der Waals surface area contributed by atoms with Gasteiger partial charge in [-0.25, -0.2) is 0 Å². The van der Waals surface area contributed by atoms with E-state index in [0.29, 0.717) is 0 Å². The molecule has 1 rings (SSSR count). The van der Waals surface area contributed by atoms with Gasteiger partial charge in [0.25, 0.3) is 0 Å². The molecule has 3 nitrogen and oxygen atoms in total. The quantitative estimate of drug-likeness (QED) is 0.616. The molecule has 0 aromatic rings. The SMILES string of the molecule is CC(C)(C)[N]=[Nb]([O]C(C)(C)C)([O]C(C)(C)C)[C]1=CC=CC1. The fraction of sp³-hybridized carbons (Fsp3) is 0.765. The van der Waals surface area contributed by atoms with Crippen molar-refractivity contribution in [2.75, 3.05) is 0 Å². The number of hydrogen-bond donors (Lipinski definition) is 0. The van der Waals surface area contributed by atoms with Gasteiger partial charge < -0.3 is 0 Å². The maximum atomic E-state index is 6.56. The molecule has 1 aliphatic carbocycles. The van der Waals surface area contributed by atoms with Crippen LogP contribution in [0.25, 0.3) is 0 Å². The molecule has 0 bridgehead atoms. The zero-order valence-corrected chi connectivity index (χ0v) is 17.3. The first-order valence-corrected chi connectivity index (χ1v) is 11.5. The third-order valence-electron chi connectivity index (χ3n) is 2.34. The van der Waals surface area contributed by atoms with E-state index in [1.54, 1.807) is 0 Å². The Balaban J connectivity index is 3.44. The Hall–Kier alpha value is -0.0597. The van der Waals surface area contributed by atoms with Gasteiger partial charge in [0.1, 0.15) is 0 Å². The summed E-state index contributed by atoms with van der Waals surface area (Å²) in [5, 5.41) is 0. The number of rotatable bonds is 3. The molecule has 21 heavy (non-hydrogen) atoms. The van der Waals surface area contributed by atoms with Gasteiger partial charge in [0.15, 0.2) is 0 Å². The van der Waals surface area contributed by atoms with E-state index in [0.717, 1.165) is 6.42 Å². The Kier molecular flexibility index (Phi) is 5.61. The van der Waals surface area contributed by atoms with Gasteiger partial charge in [0, 0.05) is 0 Å². The molecule has 0 spiro atoms. The van der Waals surface area contributed by atoms with Gasteiger partial charge in [-0.15, -0.1) is 0 Å². The first-order chi connectivity index (χ1) is 9.23. The minimum atomic E-state index is -3.64. The van der Waals surface area contributed by atoms with E-state index in [-0.39, 0.29) is 16.7 Å². The Morgan fingerprint density at radius 1 is 0.905 bits per heavy atom. The summed E-state index contributed by atoms with van der Waals surface area (Å²) in [5.41, 5.74) is -0.713. The summed E-state index contributed by atoms with van der Waals surface area (Å²) in [5.74, 6) is 0. The third-order valence-corrected chi connectivity index (χ3v) is 11.0. The molecule has 0 aliphatic heterocycles. The van der Waals surface area contributed by atoms with E-state index in [2.05, 4.69) is 80.5 Å². The standard InChI is InChI=1S/C5H5.C4H9N.2C4H9O.Nb/c1-2-4-5-3-1;3*1-4(2,3)5;/h1-3H,4H2;3*1-3H3;/q;;2*-1;+2. The molecule has 0 atom stereocenters. The zero-order valence-electron chi connectivity index (χ0n) is 15.2. The molecule has 0 heterocycles. The monoisotopic (exact) mass is 375 g/mol. The van der Waals surface area contributed by atoms with Crippen LogP contribution in [-0.2, 0) is 24.2 Å². The predicted octanol–water partition coefficient (Wildman–Crippen LogP) is 5.43. The Labute approximate surface area is 135 Å². The van der Waals surface area contributed by atoms with E-state index in [9.17, 15) is 0 Å². The van der Waals surface area contributed by atoms with Crippen molar-refractivity contribution < 1.29 is 24.2 Å². The van der Waals surface area contributed by atoms with Crippen LogP contribution in [0.2, 0.25) is 0 Å². The van der Waals surface area contributed by atoms with Crippen molar-refractivity contribution in [3.63, 3.8) is 0 Å². The maximum absolute atomic E-state index is 6.56. The van der Waals surface area contributed by atoms with Crippen LogP contribution >= 0.6 is 0 Å². The number of allylic oxidation sites excluding steroid dienone is 4. The van der Waals surface area contributed by atoms with Crippen molar-refractivity contribution in [1.29, 1.82) is 0 Å². The Bertz CT molecular complexity index is 462. The molecular formula is C17H32NNbO2. The molecule has 122 valence electrons. The van der Waals surface area contributed by atoms with Gasteiger partial charge in [0.2, 0.25) is 0 Å². The second kappa shape index (κ2) is 6.21. The molecular weight excluding hydrogens is 343 g/mol. The molecule has 4 heteroatoms. The first-order valence-electron chi connectivity index (χ1n) is 7.64. The van der Waals surface area contributed by atoms with E-state index >= 15 is 0 Å². The average Bonchev–Trinajstić information content (AvgIpc) is 2.59. The molecule has 0 amide bonds. The van der Waals surface area contributed by atoms with Crippen LogP contribution in [0.3, 0.4) is 0 Å². The molecule has 0 saturated carbocycles. The first kappa shape index (κ1) is 19.0. The van der Waals surface area contributed by atoms with Crippen molar-refractivity contribution in [1.82, 2.24) is 0 Å². The molecule has 0 saturated heterocycles. The van der Waals surface area contributed by atoms with Gasteiger partial charge >= 0.3 is 135 Å². The van der Waals surface area contributed by atoms with E-state index in [1.807, 2.05) is 0 Å². The topological polar surface area (TPSA) is 30.8 Å². The van der Waals surface area contributed by atoms with Crippen LogP contribution in [0.1, 0.15) is 68.7 Å². The van der Waals surface area contributed by atoms with Crippen LogP contribution in [0.15, 0.2) is 25.4 Å². The Morgan fingerprint density at radius 2 is 1.38 bits per heavy atom. The van der Waals surface area contributed by atoms with Crippen LogP contribution in [0, 0.1) is 0 Å². The molecule has 0 aromatic heterocycles. The van der Waals surface area contributed by atoms with Gasteiger partial charge in [-0.05, 0) is 0 Å². The molecule has 0 N–H and O–H groups in total. The van der Waals surface area contributed by atoms with Crippen LogP contribution in [-0.4, -0.2) is 16.7 Å². The molecule has 1 aliphatic rings. The average molecular weight is 375 g/mol. The summed E-state index contributed by atoms with van der Waals surface area (Å²) < 4.78 is 19.5. The second-order valence-corrected chi connectivity index (χ2v) is 13.8. The molecule has 0 unspecified atom stereocenters. The van der Waals surface area contributed by atoms with Crippen LogP contribution in [0.4, 0.5) is 0 Å². The molecule has 0 aromatic carbocycles. The summed E-state index contributed by atoms with van der Waals surface area (Å²) >= 11 is -3.64.